The zero-order valence-corrected chi connectivity index (χ0v) is 6.46. The molecule has 0 bridgehead atoms. The largest absolute Gasteiger partial charge is 0.504 e. The molecule has 0 saturated carbocycles. The molecule has 0 spiro atoms. The zero-order valence-electron chi connectivity index (χ0n) is 6.46. The summed E-state index contributed by atoms with van der Waals surface area (Å²) in [6.07, 6.45) is 4.87. The van der Waals surface area contributed by atoms with E-state index in [4.69, 9.17) is 10.2 Å². The molecule has 10 heavy (non-hydrogen) atoms. The Morgan fingerprint density at radius 3 is 1.50 bits per heavy atom. The highest BCUT2D eigenvalue weighted by Gasteiger charge is 2.01. The maximum atomic E-state index is 8.72. The van der Waals surface area contributed by atoms with Crippen molar-refractivity contribution in [2.75, 3.05) is 0 Å². The summed E-state index contributed by atoms with van der Waals surface area (Å²) in [5.74, 6) is 0.0208. The normalized spacial score (nSPS) is 16.2. The first-order chi connectivity index (χ1) is 4.80. The third-order valence-corrected chi connectivity index (χ3v) is 1.10. The SMILES string of the molecule is CC.OC1=CCCC=C1O. The molecule has 1 aliphatic rings. The van der Waals surface area contributed by atoms with Crippen LogP contribution in [-0.4, -0.2) is 10.2 Å². The maximum absolute atomic E-state index is 8.72. The molecule has 0 atom stereocenters. The Bertz CT molecular complexity index is 127. The molecule has 58 valence electrons. The molecule has 2 N–H and O–H groups in total. The molecule has 0 aromatic carbocycles. The van der Waals surface area contributed by atoms with Crippen LogP contribution in [0.25, 0.3) is 0 Å². The minimum absolute atomic E-state index is 0.0104. The van der Waals surface area contributed by atoms with Gasteiger partial charge in [0.05, 0.1) is 0 Å². The Labute approximate surface area is 61.5 Å². The average Bonchev–Trinajstić information content (AvgIpc) is 2.00. The van der Waals surface area contributed by atoms with Crippen molar-refractivity contribution in [3.63, 3.8) is 0 Å². The predicted molar refractivity (Wildman–Crippen MR) is 42.0 cm³/mol. The van der Waals surface area contributed by atoms with Crippen molar-refractivity contribution in [2.24, 2.45) is 0 Å². The van der Waals surface area contributed by atoms with Crippen LogP contribution in [0.2, 0.25) is 0 Å². The van der Waals surface area contributed by atoms with Crippen LogP contribution in [0.1, 0.15) is 26.7 Å². The molecular weight excluding hydrogens is 128 g/mol. The number of aliphatic hydroxyl groups is 2. The molecule has 0 aromatic rings. The van der Waals surface area contributed by atoms with E-state index in [0.717, 1.165) is 12.8 Å². The third-order valence-electron chi connectivity index (χ3n) is 1.10. The van der Waals surface area contributed by atoms with Crippen LogP contribution in [0.15, 0.2) is 23.7 Å². The molecule has 2 nitrogen and oxygen atoms in total. The van der Waals surface area contributed by atoms with Gasteiger partial charge in [0.2, 0.25) is 0 Å². The molecule has 1 rings (SSSR count). The molecule has 0 unspecified atom stereocenters. The summed E-state index contributed by atoms with van der Waals surface area (Å²) in [6.45, 7) is 4.00. The van der Waals surface area contributed by atoms with Crippen molar-refractivity contribution in [3.05, 3.63) is 23.7 Å². The van der Waals surface area contributed by atoms with E-state index in [1.165, 1.54) is 0 Å². The second kappa shape index (κ2) is 4.91. The lowest BCUT2D eigenvalue weighted by Gasteiger charge is -2.02. The van der Waals surface area contributed by atoms with Gasteiger partial charge in [-0.2, -0.15) is 0 Å². The Hall–Kier alpha value is -0.920. The summed E-state index contributed by atoms with van der Waals surface area (Å²) in [5.41, 5.74) is 0. The first-order valence-electron chi connectivity index (χ1n) is 3.59. The second-order valence-electron chi connectivity index (χ2n) is 1.76. The number of allylic oxidation sites excluding steroid dienone is 2. The van der Waals surface area contributed by atoms with E-state index in [0.29, 0.717) is 0 Å². The third kappa shape index (κ3) is 2.58. The van der Waals surface area contributed by atoms with Gasteiger partial charge >= 0.3 is 0 Å². The molecule has 0 amide bonds. The molecule has 1 aliphatic carbocycles. The fraction of sp³-hybridized carbons (Fsp3) is 0.500. The molecular formula is C8H14O2. The lowest BCUT2D eigenvalue weighted by molar-refractivity contribution is 0.319. The Morgan fingerprint density at radius 1 is 1.00 bits per heavy atom. The Kier molecular flexibility index (Phi) is 4.46. The summed E-state index contributed by atoms with van der Waals surface area (Å²) < 4.78 is 0. The van der Waals surface area contributed by atoms with Gasteiger partial charge in [-0.1, -0.05) is 13.8 Å². The Morgan fingerprint density at radius 2 is 1.30 bits per heavy atom. The van der Waals surface area contributed by atoms with Crippen LogP contribution in [0.3, 0.4) is 0 Å². The molecule has 2 heteroatoms. The van der Waals surface area contributed by atoms with E-state index in [2.05, 4.69) is 0 Å². The molecule has 0 radical (unpaired) electrons. The van der Waals surface area contributed by atoms with E-state index in [9.17, 15) is 0 Å². The highest BCUT2D eigenvalue weighted by Crippen LogP contribution is 2.12. The molecule has 0 saturated heterocycles. The number of aliphatic hydroxyl groups excluding tert-OH is 2. The van der Waals surface area contributed by atoms with Crippen molar-refractivity contribution in [2.45, 2.75) is 26.7 Å². The van der Waals surface area contributed by atoms with Crippen LogP contribution in [0.5, 0.6) is 0 Å². The van der Waals surface area contributed by atoms with Crippen molar-refractivity contribution in [3.8, 4) is 0 Å². The maximum Gasteiger partial charge on any atom is 0.152 e. The van der Waals surface area contributed by atoms with Crippen molar-refractivity contribution in [1.82, 2.24) is 0 Å². The van der Waals surface area contributed by atoms with Gasteiger partial charge in [-0.25, -0.2) is 0 Å². The minimum atomic E-state index is 0.0104. The van der Waals surface area contributed by atoms with Gasteiger partial charge < -0.3 is 10.2 Å². The molecule has 0 heterocycles. The topological polar surface area (TPSA) is 40.5 Å². The molecule has 0 aliphatic heterocycles. The van der Waals surface area contributed by atoms with E-state index >= 15 is 0 Å². The molecule has 0 aromatic heterocycles. The van der Waals surface area contributed by atoms with Crippen molar-refractivity contribution < 1.29 is 10.2 Å². The quantitative estimate of drug-likeness (QED) is 0.546. The summed E-state index contributed by atoms with van der Waals surface area (Å²) in [4.78, 5) is 0. The van der Waals surface area contributed by atoms with Gasteiger partial charge in [0.15, 0.2) is 11.5 Å². The number of hydrogen-bond acceptors (Lipinski definition) is 2. The summed E-state index contributed by atoms with van der Waals surface area (Å²) in [7, 11) is 0. The van der Waals surface area contributed by atoms with Gasteiger partial charge in [0, 0.05) is 0 Å². The van der Waals surface area contributed by atoms with Crippen molar-refractivity contribution in [1.29, 1.82) is 0 Å². The Balaban J connectivity index is 0.000000371. The van der Waals surface area contributed by atoms with E-state index in [1.807, 2.05) is 13.8 Å². The fourth-order valence-corrected chi connectivity index (χ4v) is 0.649. The van der Waals surface area contributed by atoms with Crippen LogP contribution < -0.4 is 0 Å². The van der Waals surface area contributed by atoms with Gasteiger partial charge in [0.25, 0.3) is 0 Å². The monoisotopic (exact) mass is 142 g/mol. The van der Waals surface area contributed by atoms with Crippen LogP contribution in [0.4, 0.5) is 0 Å². The van der Waals surface area contributed by atoms with Gasteiger partial charge in [-0.3, -0.25) is 0 Å². The number of rotatable bonds is 0. The van der Waals surface area contributed by atoms with Crippen LogP contribution in [-0.2, 0) is 0 Å². The van der Waals surface area contributed by atoms with Crippen LogP contribution >= 0.6 is 0 Å². The van der Waals surface area contributed by atoms with Gasteiger partial charge in [-0.15, -0.1) is 0 Å². The first kappa shape index (κ1) is 9.08. The molecule has 0 fully saturated rings. The first-order valence-corrected chi connectivity index (χ1v) is 3.59. The van der Waals surface area contributed by atoms with Crippen molar-refractivity contribution >= 4 is 0 Å². The predicted octanol–water partition coefficient (Wildman–Crippen LogP) is 2.69. The lowest BCUT2D eigenvalue weighted by atomic mass is 10.1. The fourth-order valence-electron chi connectivity index (χ4n) is 0.649. The zero-order chi connectivity index (χ0) is 7.98. The average molecular weight is 142 g/mol. The smallest absolute Gasteiger partial charge is 0.152 e. The summed E-state index contributed by atoms with van der Waals surface area (Å²) in [6, 6.07) is 0. The van der Waals surface area contributed by atoms with Crippen LogP contribution in [0, 0.1) is 0 Å². The van der Waals surface area contributed by atoms with E-state index in [1.54, 1.807) is 12.2 Å². The highest BCUT2D eigenvalue weighted by molar-refractivity contribution is 5.20. The van der Waals surface area contributed by atoms with Gasteiger partial charge in [-0.05, 0) is 25.0 Å². The van der Waals surface area contributed by atoms with Gasteiger partial charge in [0.1, 0.15) is 0 Å². The van der Waals surface area contributed by atoms with E-state index in [-0.39, 0.29) is 11.5 Å². The summed E-state index contributed by atoms with van der Waals surface area (Å²) >= 11 is 0. The number of hydrogen-bond donors (Lipinski definition) is 2. The second-order valence-corrected chi connectivity index (χ2v) is 1.76. The minimum Gasteiger partial charge on any atom is -0.504 e. The lowest BCUT2D eigenvalue weighted by Crippen LogP contribution is -1.91. The standard InChI is InChI=1S/C6H8O2.C2H6/c7-5-3-1-2-4-6(5)8;1-2/h3-4,7-8H,1-2H2;1-2H3. The highest BCUT2D eigenvalue weighted by atomic mass is 16.3. The van der Waals surface area contributed by atoms with E-state index < -0.39 is 0 Å². The summed E-state index contributed by atoms with van der Waals surface area (Å²) in [5, 5.41) is 17.4.